The zero-order valence-corrected chi connectivity index (χ0v) is 12.7. The van der Waals surface area contributed by atoms with Crippen LogP contribution < -0.4 is 10.1 Å². The number of hydrogen-bond acceptors (Lipinski definition) is 4. The summed E-state index contributed by atoms with van der Waals surface area (Å²) < 4.78 is 4.98. The molecule has 1 heterocycles. The Morgan fingerprint density at radius 1 is 1.36 bits per heavy atom. The van der Waals surface area contributed by atoms with Gasteiger partial charge in [-0.15, -0.1) is 0 Å². The van der Waals surface area contributed by atoms with Crippen molar-refractivity contribution in [3.8, 4) is 5.75 Å². The van der Waals surface area contributed by atoms with Gasteiger partial charge in [0.15, 0.2) is 12.4 Å². The number of hydrogen-bond donors (Lipinski definition) is 2. The van der Waals surface area contributed by atoms with Gasteiger partial charge >= 0.3 is 12.0 Å². The lowest BCUT2D eigenvalue weighted by atomic mass is 10.2. The van der Waals surface area contributed by atoms with E-state index in [9.17, 15) is 14.4 Å². The summed E-state index contributed by atoms with van der Waals surface area (Å²) in [5, 5.41) is 11.2. The Morgan fingerprint density at radius 2 is 1.95 bits per heavy atom. The fourth-order valence-corrected chi connectivity index (χ4v) is 2.34. The van der Waals surface area contributed by atoms with Crippen LogP contribution in [0.2, 0.25) is 10.0 Å². The lowest BCUT2D eigenvalue weighted by molar-refractivity contribution is -0.139. The second kappa shape index (κ2) is 6.25. The summed E-state index contributed by atoms with van der Waals surface area (Å²) in [6, 6.07) is 2.35. The number of carbonyl (C=O) groups is 3. The number of carbonyl (C=O) groups excluding carboxylic acids is 2. The summed E-state index contributed by atoms with van der Waals surface area (Å²) in [5.41, 5.74) is 0.537. The minimum absolute atomic E-state index is 0.0341. The molecule has 0 aromatic heterocycles. The summed E-state index contributed by atoms with van der Waals surface area (Å²) >= 11 is 12.0. The van der Waals surface area contributed by atoms with Crippen LogP contribution in [-0.2, 0) is 9.59 Å². The Hall–Kier alpha value is -2.25. The third kappa shape index (κ3) is 3.32. The number of halogens is 2. The van der Waals surface area contributed by atoms with Crippen molar-refractivity contribution in [3.05, 3.63) is 33.4 Å². The fourth-order valence-electron chi connectivity index (χ4n) is 1.72. The minimum Gasteiger partial charge on any atom is -0.479 e. The van der Waals surface area contributed by atoms with Crippen molar-refractivity contribution in [2.75, 3.05) is 13.7 Å². The molecule has 0 bridgehead atoms. The van der Waals surface area contributed by atoms with Gasteiger partial charge in [-0.25, -0.2) is 9.59 Å². The second-order valence-corrected chi connectivity index (χ2v) is 5.16. The van der Waals surface area contributed by atoms with Crippen LogP contribution in [-0.4, -0.2) is 41.6 Å². The number of imide groups is 1. The van der Waals surface area contributed by atoms with Gasteiger partial charge in [0, 0.05) is 7.05 Å². The standard InChI is InChI=1S/C13H10Cl2N2O5/c1-17-12(20)9(16-13(17)21)4-6-2-7(14)11(8(15)3-6)22-5-10(18)19/h2-4H,5H2,1H3,(H,16,21)(H,18,19)/b9-4+. The maximum absolute atomic E-state index is 11.8. The van der Waals surface area contributed by atoms with Crippen molar-refractivity contribution in [2.45, 2.75) is 0 Å². The van der Waals surface area contributed by atoms with Gasteiger partial charge < -0.3 is 15.2 Å². The number of amides is 3. The average molecular weight is 345 g/mol. The molecule has 0 unspecified atom stereocenters. The number of rotatable bonds is 4. The van der Waals surface area contributed by atoms with Crippen molar-refractivity contribution in [1.82, 2.24) is 10.2 Å². The summed E-state index contributed by atoms with van der Waals surface area (Å²) in [4.78, 5) is 34.5. The average Bonchev–Trinajstić information content (AvgIpc) is 2.65. The minimum atomic E-state index is -1.17. The monoisotopic (exact) mass is 344 g/mol. The largest absolute Gasteiger partial charge is 0.479 e. The molecule has 22 heavy (non-hydrogen) atoms. The molecule has 1 aromatic carbocycles. The van der Waals surface area contributed by atoms with E-state index in [1.165, 1.54) is 25.3 Å². The van der Waals surface area contributed by atoms with E-state index in [1.807, 2.05) is 0 Å². The van der Waals surface area contributed by atoms with Crippen molar-refractivity contribution < 1.29 is 24.2 Å². The number of carboxylic acids is 1. The van der Waals surface area contributed by atoms with Gasteiger partial charge in [-0.2, -0.15) is 0 Å². The number of urea groups is 1. The molecule has 0 atom stereocenters. The van der Waals surface area contributed by atoms with E-state index in [0.717, 1.165) is 4.90 Å². The molecule has 0 saturated carbocycles. The van der Waals surface area contributed by atoms with Gasteiger partial charge in [0.1, 0.15) is 5.70 Å². The van der Waals surface area contributed by atoms with E-state index in [0.29, 0.717) is 5.56 Å². The van der Waals surface area contributed by atoms with E-state index in [2.05, 4.69) is 5.32 Å². The van der Waals surface area contributed by atoms with Gasteiger partial charge in [-0.1, -0.05) is 23.2 Å². The maximum Gasteiger partial charge on any atom is 0.341 e. The summed E-state index contributed by atoms with van der Waals surface area (Å²) in [6.45, 7) is -0.584. The molecule has 2 rings (SSSR count). The molecule has 1 aliphatic rings. The molecule has 0 radical (unpaired) electrons. The number of benzene rings is 1. The van der Waals surface area contributed by atoms with Crippen LogP contribution >= 0.6 is 23.2 Å². The van der Waals surface area contributed by atoms with Crippen LogP contribution in [0.25, 0.3) is 6.08 Å². The summed E-state index contributed by atoms with van der Waals surface area (Å²) in [7, 11) is 1.35. The molecule has 0 aliphatic carbocycles. The fraction of sp³-hybridized carbons (Fsp3) is 0.154. The zero-order valence-electron chi connectivity index (χ0n) is 11.2. The molecule has 1 saturated heterocycles. The van der Waals surface area contributed by atoms with Crippen LogP contribution in [0.3, 0.4) is 0 Å². The van der Waals surface area contributed by atoms with Gasteiger partial charge in [-0.3, -0.25) is 9.69 Å². The molecule has 1 aromatic rings. The Balaban J connectivity index is 2.29. The SMILES string of the molecule is CN1C(=O)N/C(=C/c2cc(Cl)c(OCC(=O)O)c(Cl)c2)C1=O. The quantitative estimate of drug-likeness (QED) is 0.643. The third-order valence-corrected chi connectivity index (χ3v) is 3.31. The zero-order chi connectivity index (χ0) is 16.4. The molecular weight excluding hydrogens is 335 g/mol. The number of nitrogens with one attached hydrogen (secondary N) is 1. The van der Waals surface area contributed by atoms with E-state index < -0.39 is 24.5 Å². The highest BCUT2D eigenvalue weighted by molar-refractivity contribution is 6.37. The van der Waals surface area contributed by atoms with E-state index >= 15 is 0 Å². The Kier molecular flexibility index (Phi) is 4.58. The summed E-state index contributed by atoms with van der Waals surface area (Å²) in [6.07, 6.45) is 1.41. The molecule has 116 valence electrons. The number of nitrogens with zero attached hydrogens (tertiary/aromatic N) is 1. The van der Waals surface area contributed by atoms with Crippen LogP contribution in [0.15, 0.2) is 17.8 Å². The third-order valence-electron chi connectivity index (χ3n) is 2.75. The van der Waals surface area contributed by atoms with Gasteiger partial charge in [0.2, 0.25) is 0 Å². The lowest BCUT2D eigenvalue weighted by Gasteiger charge is -2.09. The Labute approximate surface area is 135 Å². The van der Waals surface area contributed by atoms with Gasteiger partial charge in [0.05, 0.1) is 10.0 Å². The number of aliphatic carboxylic acids is 1. The predicted molar refractivity (Wildman–Crippen MR) is 78.9 cm³/mol. The molecule has 0 spiro atoms. The van der Waals surface area contributed by atoms with Gasteiger partial charge in [0.25, 0.3) is 5.91 Å². The number of ether oxygens (including phenoxy) is 1. The predicted octanol–water partition coefficient (Wildman–Crippen LogP) is 1.98. The molecule has 1 aliphatic heterocycles. The van der Waals surface area contributed by atoms with Gasteiger partial charge in [-0.05, 0) is 23.8 Å². The van der Waals surface area contributed by atoms with E-state index in [4.69, 9.17) is 33.0 Å². The summed E-state index contributed by atoms with van der Waals surface area (Å²) in [5.74, 6) is -1.61. The molecule has 9 heteroatoms. The van der Waals surface area contributed by atoms with Crippen molar-refractivity contribution in [2.24, 2.45) is 0 Å². The van der Waals surface area contributed by atoms with Crippen LogP contribution in [0.4, 0.5) is 4.79 Å². The Bertz CT molecular complexity index is 679. The normalized spacial score (nSPS) is 16.1. The number of carboxylic acid groups (broad SMARTS) is 1. The van der Waals surface area contributed by atoms with E-state index in [-0.39, 0.29) is 21.5 Å². The Morgan fingerprint density at radius 3 is 2.41 bits per heavy atom. The van der Waals surface area contributed by atoms with E-state index in [1.54, 1.807) is 0 Å². The van der Waals surface area contributed by atoms with Crippen molar-refractivity contribution in [1.29, 1.82) is 0 Å². The molecular formula is C13H10Cl2N2O5. The van der Waals surface area contributed by atoms with Crippen LogP contribution in [0.1, 0.15) is 5.56 Å². The topological polar surface area (TPSA) is 95.9 Å². The first kappa shape index (κ1) is 16.1. The first-order valence-electron chi connectivity index (χ1n) is 5.94. The second-order valence-electron chi connectivity index (χ2n) is 4.35. The van der Waals surface area contributed by atoms with Crippen LogP contribution in [0, 0.1) is 0 Å². The molecule has 7 nitrogen and oxygen atoms in total. The van der Waals surface area contributed by atoms with Crippen molar-refractivity contribution >= 4 is 47.2 Å². The molecule has 3 amide bonds. The highest BCUT2D eigenvalue weighted by Crippen LogP contribution is 2.35. The highest BCUT2D eigenvalue weighted by Gasteiger charge is 2.30. The highest BCUT2D eigenvalue weighted by atomic mass is 35.5. The molecule has 2 N–H and O–H groups in total. The lowest BCUT2D eigenvalue weighted by Crippen LogP contribution is -2.25. The maximum atomic E-state index is 11.8. The van der Waals surface area contributed by atoms with Crippen LogP contribution in [0.5, 0.6) is 5.75 Å². The molecule has 1 fully saturated rings. The first-order valence-corrected chi connectivity index (χ1v) is 6.69. The van der Waals surface area contributed by atoms with Crippen molar-refractivity contribution in [3.63, 3.8) is 0 Å². The number of likely N-dealkylation sites (N-methyl/N-ethyl adjacent to an activating group) is 1. The smallest absolute Gasteiger partial charge is 0.341 e. The first-order chi connectivity index (χ1) is 10.3.